The van der Waals surface area contributed by atoms with Gasteiger partial charge in [0.1, 0.15) is 26.5 Å². The van der Waals surface area contributed by atoms with E-state index in [9.17, 15) is 0 Å². The number of carbonyl (C=O) groups excluding carboxylic acids is 3. The number of hydrogen-bond acceptors (Lipinski definition) is 5. The Balaban J connectivity index is -0.0000000838. The molecule has 0 aromatic heterocycles. The summed E-state index contributed by atoms with van der Waals surface area (Å²) in [5.74, 6) is 0. The monoisotopic (exact) mass is 311 g/mol. The summed E-state index contributed by atoms with van der Waals surface area (Å²) in [6.07, 6.45) is 10.4. The van der Waals surface area contributed by atoms with Crippen molar-refractivity contribution in [3.63, 3.8) is 0 Å². The van der Waals surface area contributed by atoms with Crippen molar-refractivity contribution in [2.75, 3.05) is 13.2 Å². The number of hydrogen-bond donors (Lipinski definition) is 0. The molecule has 0 aromatic carbocycles. The maximum absolute atomic E-state index is 8.00. The first-order valence-corrected chi connectivity index (χ1v) is 5.03. The van der Waals surface area contributed by atoms with Gasteiger partial charge in [-0.3, -0.25) is 6.08 Å². The van der Waals surface area contributed by atoms with E-state index in [2.05, 4.69) is 12.2 Å². The molecule has 0 saturated carbocycles. The zero-order valence-corrected chi connectivity index (χ0v) is 12.2. The first-order valence-electron chi connectivity index (χ1n) is 5.03. The summed E-state index contributed by atoms with van der Waals surface area (Å²) in [5, 5.41) is 0. The Morgan fingerprint density at radius 3 is 2.05 bits per heavy atom. The average molecular weight is 311 g/mol. The van der Waals surface area contributed by atoms with Crippen LogP contribution in [0.3, 0.4) is 0 Å². The SMILES string of the molecule is C=O.C=O.C=O.C[CH-]OCC1CO1.[C-]1=CC=CC1.[Mn+2]. The standard InChI is InChI=1S/C5H9O2.C5H5.3CH2O.Mn/c1-2-6-3-5-4-7-5;1-2-4-5-3-1;3*1-2;/h2,5H,3-4H2,1H3;1-3H,4H2;3*1H2;/q2*-1;;;;+2. The van der Waals surface area contributed by atoms with Crippen LogP contribution < -0.4 is 0 Å². The summed E-state index contributed by atoms with van der Waals surface area (Å²) in [4.78, 5) is 24.0. The first kappa shape index (κ1) is 26.5. The van der Waals surface area contributed by atoms with Crippen LogP contribution in [-0.2, 0) is 40.9 Å². The Hall–Kier alpha value is -1.07. The average Bonchev–Trinajstić information content (AvgIpc) is 3.11. The van der Waals surface area contributed by atoms with Crippen LogP contribution in [0.25, 0.3) is 0 Å². The Morgan fingerprint density at radius 2 is 1.84 bits per heavy atom. The summed E-state index contributed by atoms with van der Waals surface area (Å²) in [7, 11) is 0. The molecule has 1 saturated heterocycles. The molecule has 1 aliphatic heterocycles. The minimum atomic E-state index is 0. The molecule has 0 spiro atoms. The van der Waals surface area contributed by atoms with E-state index in [1.54, 1.807) is 6.61 Å². The molecule has 0 bridgehead atoms. The van der Waals surface area contributed by atoms with Gasteiger partial charge < -0.3 is 23.9 Å². The maximum atomic E-state index is 8.00. The van der Waals surface area contributed by atoms with Crippen LogP contribution in [0, 0.1) is 12.7 Å². The number of ether oxygens (including phenoxy) is 2. The van der Waals surface area contributed by atoms with E-state index < -0.39 is 0 Å². The van der Waals surface area contributed by atoms with Gasteiger partial charge in [0.15, 0.2) is 0 Å². The molecule has 0 amide bonds. The molecule has 2 aliphatic rings. The number of rotatable bonds is 3. The van der Waals surface area contributed by atoms with Gasteiger partial charge in [-0.05, 0) is 0 Å². The van der Waals surface area contributed by atoms with E-state index in [0.29, 0.717) is 6.10 Å². The van der Waals surface area contributed by atoms with Crippen LogP contribution in [0.5, 0.6) is 0 Å². The molecule has 0 aromatic rings. The normalized spacial score (nSPS) is 15.5. The van der Waals surface area contributed by atoms with Crippen molar-refractivity contribution in [3.8, 4) is 0 Å². The summed E-state index contributed by atoms with van der Waals surface area (Å²) < 4.78 is 9.77. The van der Waals surface area contributed by atoms with E-state index in [0.717, 1.165) is 19.6 Å². The second-order valence-electron chi connectivity index (χ2n) is 2.53. The minimum Gasteiger partial charge on any atom is -0.550 e. The summed E-state index contributed by atoms with van der Waals surface area (Å²) in [6, 6.07) is 0. The molecular weight excluding hydrogens is 291 g/mol. The molecule has 109 valence electrons. The topological polar surface area (TPSA) is 73.0 Å². The third-order valence-corrected chi connectivity index (χ3v) is 1.44. The van der Waals surface area contributed by atoms with E-state index >= 15 is 0 Å². The third-order valence-electron chi connectivity index (χ3n) is 1.44. The summed E-state index contributed by atoms with van der Waals surface area (Å²) in [5.41, 5.74) is 0. The van der Waals surface area contributed by atoms with Crippen LogP contribution in [0.4, 0.5) is 0 Å². The summed E-state index contributed by atoms with van der Waals surface area (Å²) >= 11 is 0. The van der Waals surface area contributed by atoms with E-state index in [4.69, 9.17) is 23.9 Å². The minimum absolute atomic E-state index is 0. The second kappa shape index (κ2) is 30.2. The quantitative estimate of drug-likeness (QED) is 0.447. The van der Waals surface area contributed by atoms with Gasteiger partial charge in [0.2, 0.25) is 0 Å². The van der Waals surface area contributed by atoms with Crippen LogP contribution in [0.1, 0.15) is 13.3 Å². The fourth-order valence-corrected chi connectivity index (χ4v) is 0.708. The molecule has 1 heterocycles. The van der Waals surface area contributed by atoms with Gasteiger partial charge in [0.25, 0.3) is 0 Å². The maximum Gasteiger partial charge on any atom is 2.00 e. The fourth-order valence-electron chi connectivity index (χ4n) is 0.708. The van der Waals surface area contributed by atoms with Gasteiger partial charge in [-0.2, -0.15) is 13.0 Å². The predicted molar refractivity (Wildman–Crippen MR) is 68.6 cm³/mol. The van der Waals surface area contributed by atoms with Crippen LogP contribution in [0.15, 0.2) is 18.2 Å². The summed E-state index contributed by atoms with van der Waals surface area (Å²) in [6.45, 7) is 11.2. The first-order chi connectivity index (χ1) is 8.93. The third kappa shape index (κ3) is 31.6. The molecule has 19 heavy (non-hydrogen) atoms. The molecule has 1 radical (unpaired) electrons. The number of epoxide rings is 1. The van der Waals surface area contributed by atoms with E-state index in [1.165, 1.54) is 0 Å². The Bertz CT molecular complexity index is 190. The second-order valence-corrected chi connectivity index (χ2v) is 2.53. The van der Waals surface area contributed by atoms with Gasteiger partial charge in [-0.15, -0.1) is 6.42 Å². The van der Waals surface area contributed by atoms with Crippen molar-refractivity contribution < 1.29 is 40.9 Å². The van der Waals surface area contributed by atoms with Crippen molar-refractivity contribution in [2.45, 2.75) is 19.4 Å². The zero-order chi connectivity index (χ0) is 14.6. The van der Waals surface area contributed by atoms with Crippen molar-refractivity contribution in [1.29, 1.82) is 0 Å². The molecular formula is C13H20MnO5. The van der Waals surface area contributed by atoms with Crippen LogP contribution in [-0.4, -0.2) is 39.7 Å². The molecule has 0 N–H and O–H groups in total. The molecule has 6 heteroatoms. The van der Waals surface area contributed by atoms with Crippen molar-refractivity contribution >= 4 is 20.4 Å². The van der Waals surface area contributed by atoms with Crippen molar-refractivity contribution in [3.05, 3.63) is 30.9 Å². The molecule has 1 fully saturated rings. The largest absolute Gasteiger partial charge is 2.00 e. The van der Waals surface area contributed by atoms with Crippen LogP contribution in [0.2, 0.25) is 0 Å². The van der Waals surface area contributed by atoms with Gasteiger partial charge in [0, 0.05) is 6.61 Å². The van der Waals surface area contributed by atoms with E-state index in [-0.39, 0.29) is 17.1 Å². The number of allylic oxidation sites excluding steroid dienone is 4. The van der Waals surface area contributed by atoms with Crippen molar-refractivity contribution in [2.24, 2.45) is 0 Å². The number of carbonyl (C=O) groups is 3. The Kier molecular flexibility index (Phi) is 42.1. The molecule has 1 aliphatic carbocycles. The van der Waals surface area contributed by atoms with Crippen LogP contribution >= 0.6 is 0 Å². The Labute approximate surface area is 125 Å². The van der Waals surface area contributed by atoms with Gasteiger partial charge in [-0.25, -0.2) is 18.8 Å². The molecule has 1 atom stereocenters. The molecule has 5 nitrogen and oxygen atoms in total. The molecule has 1 unspecified atom stereocenters. The van der Waals surface area contributed by atoms with Gasteiger partial charge >= 0.3 is 17.1 Å². The van der Waals surface area contributed by atoms with Gasteiger partial charge in [-0.1, -0.05) is 0 Å². The van der Waals surface area contributed by atoms with Gasteiger partial charge in [0.05, 0.1) is 6.61 Å². The fraction of sp³-hybridized carbons (Fsp3) is 0.385. The smallest absolute Gasteiger partial charge is 0.550 e. The predicted octanol–water partition coefficient (Wildman–Crippen LogP) is 1.33. The zero-order valence-electron chi connectivity index (χ0n) is 11.0. The van der Waals surface area contributed by atoms with Crippen molar-refractivity contribution in [1.82, 2.24) is 0 Å². The molecule has 2 rings (SSSR count). The van der Waals surface area contributed by atoms with E-state index in [1.807, 2.05) is 39.4 Å². The Morgan fingerprint density at radius 1 is 1.32 bits per heavy atom.